The van der Waals surface area contributed by atoms with Crippen molar-refractivity contribution >= 4 is 40.2 Å². The van der Waals surface area contributed by atoms with Crippen LogP contribution in [0.3, 0.4) is 0 Å². The average molecular weight is 499 g/mol. The molecule has 0 unspecified atom stereocenters. The first-order valence-electron chi connectivity index (χ1n) is 11.8. The van der Waals surface area contributed by atoms with E-state index in [4.69, 9.17) is 4.98 Å². The van der Waals surface area contributed by atoms with Gasteiger partial charge < -0.3 is 10.6 Å². The van der Waals surface area contributed by atoms with E-state index in [0.717, 1.165) is 24.0 Å². The number of nitrogens with zero attached hydrogens (tertiary/aromatic N) is 2. The lowest BCUT2D eigenvalue weighted by Crippen LogP contribution is -2.27. The molecule has 0 radical (unpaired) electrons. The molecule has 1 fully saturated rings. The van der Waals surface area contributed by atoms with Crippen molar-refractivity contribution in [3.63, 3.8) is 0 Å². The fourth-order valence-electron chi connectivity index (χ4n) is 3.90. The number of nitrogens with one attached hydrogen (secondary N) is 2. The summed E-state index contributed by atoms with van der Waals surface area (Å²) in [7, 11) is 0. The van der Waals surface area contributed by atoms with Crippen LogP contribution in [-0.2, 0) is 4.79 Å². The Kier molecular flexibility index (Phi) is 6.61. The van der Waals surface area contributed by atoms with Gasteiger partial charge in [-0.25, -0.2) is 4.98 Å². The minimum absolute atomic E-state index is 0.0220. The van der Waals surface area contributed by atoms with Gasteiger partial charge in [-0.2, -0.15) is 0 Å². The van der Waals surface area contributed by atoms with Crippen molar-refractivity contribution in [3.8, 4) is 5.69 Å². The number of carbonyl (C=O) groups excluding carboxylic acids is 2. The van der Waals surface area contributed by atoms with Crippen LogP contribution in [0.2, 0.25) is 0 Å². The van der Waals surface area contributed by atoms with E-state index in [2.05, 4.69) is 10.6 Å². The van der Waals surface area contributed by atoms with Crippen LogP contribution in [0.5, 0.6) is 0 Å². The number of carbonyl (C=O) groups is 2. The quantitative estimate of drug-likeness (QED) is 0.286. The Labute approximate surface area is 212 Å². The number of aromatic nitrogens is 2. The van der Waals surface area contributed by atoms with E-state index in [1.54, 1.807) is 41.0 Å². The molecule has 0 spiro atoms. The molecule has 2 amide bonds. The first kappa shape index (κ1) is 23.8. The van der Waals surface area contributed by atoms with Crippen LogP contribution in [0.15, 0.2) is 76.7 Å². The van der Waals surface area contributed by atoms with E-state index in [1.165, 1.54) is 11.8 Å². The molecule has 2 N–H and O–H groups in total. The monoisotopic (exact) mass is 498 g/mol. The van der Waals surface area contributed by atoms with Crippen LogP contribution >= 0.6 is 11.8 Å². The molecular weight excluding hydrogens is 472 g/mol. The van der Waals surface area contributed by atoms with Crippen molar-refractivity contribution in [1.29, 1.82) is 0 Å². The summed E-state index contributed by atoms with van der Waals surface area (Å²) >= 11 is 1.18. The molecule has 4 aromatic rings. The van der Waals surface area contributed by atoms with Gasteiger partial charge in [-0.1, -0.05) is 42.1 Å². The van der Waals surface area contributed by atoms with Gasteiger partial charge in [-0.3, -0.25) is 19.0 Å². The van der Waals surface area contributed by atoms with Crippen molar-refractivity contribution in [2.45, 2.75) is 37.9 Å². The number of fused-ring (bicyclic) bond motifs is 1. The maximum absolute atomic E-state index is 13.5. The zero-order valence-corrected chi connectivity index (χ0v) is 20.9. The number of benzene rings is 3. The summed E-state index contributed by atoms with van der Waals surface area (Å²) in [5, 5.41) is 6.74. The summed E-state index contributed by atoms with van der Waals surface area (Å²) in [4.78, 5) is 43.7. The Morgan fingerprint density at radius 1 is 1.00 bits per heavy atom. The zero-order valence-electron chi connectivity index (χ0n) is 20.1. The molecule has 1 aliphatic carbocycles. The average Bonchev–Trinajstić information content (AvgIpc) is 3.69. The molecule has 1 saturated carbocycles. The third-order valence-corrected chi connectivity index (χ3v) is 7.12. The first-order valence-corrected chi connectivity index (χ1v) is 12.8. The number of hydrogen-bond acceptors (Lipinski definition) is 5. The van der Waals surface area contributed by atoms with Gasteiger partial charge in [0.15, 0.2) is 5.16 Å². The van der Waals surface area contributed by atoms with Crippen LogP contribution in [0.1, 0.15) is 34.3 Å². The first-order chi connectivity index (χ1) is 17.4. The van der Waals surface area contributed by atoms with Gasteiger partial charge in [-0.15, -0.1) is 0 Å². The van der Waals surface area contributed by atoms with Crippen LogP contribution in [-0.4, -0.2) is 33.2 Å². The van der Waals surface area contributed by atoms with Gasteiger partial charge in [0.2, 0.25) is 5.91 Å². The van der Waals surface area contributed by atoms with Crippen LogP contribution in [0, 0.1) is 13.8 Å². The lowest BCUT2D eigenvalue weighted by Gasteiger charge is -2.15. The highest BCUT2D eigenvalue weighted by Gasteiger charge is 2.25. The molecule has 1 aromatic heterocycles. The summed E-state index contributed by atoms with van der Waals surface area (Å²) in [5.41, 5.74) is 4.16. The Balaban J connectivity index is 1.42. The number of hydrogen-bond donors (Lipinski definition) is 2. The third kappa shape index (κ3) is 5.04. The van der Waals surface area contributed by atoms with Gasteiger partial charge in [0.05, 0.1) is 33.6 Å². The van der Waals surface area contributed by atoms with Gasteiger partial charge in [0.1, 0.15) is 0 Å². The smallest absolute Gasteiger partial charge is 0.266 e. The zero-order chi connectivity index (χ0) is 25.2. The van der Waals surface area contributed by atoms with E-state index >= 15 is 0 Å². The molecule has 7 nitrogen and oxygen atoms in total. The highest BCUT2D eigenvalue weighted by Crippen LogP contribution is 2.24. The fourth-order valence-corrected chi connectivity index (χ4v) is 4.71. The lowest BCUT2D eigenvalue weighted by molar-refractivity contribution is -0.113. The predicted octanol–water partition coefficient (Wildman–Crippen LogP) is 4.63. The molecule has 3 aromatic carbocycles. The highest BCUT2D eigenvalue weighted by molar-refractivity contribution is 7.99. The molecule has 8 heteroatoms. The third-order valence-electron chi connectivity index (χ3n) is 6.18. The maximum atomic E-state index is 13.5. The van der Waals surface area contributed by atoms with Gasteiger partial charge in [-0.05, 0) is 74.2 Å². The fraction of sp³-hybridized carbons (Fsp3) is 0.214. The number of para-hydroxylation sites is 2. The van der Waals surface area contributed by atoms with Crippen molar-refractivity contribution < 1.29 is 9.59 Å². The second-order valence-corrected chi connectivity index (χ2v) is 9.89. The molecular formula is C28H26N4O3S. The standard InChI is InChI=1S/C28H26N4O3S/c1-17-11-14-20(15-18(17)2)32-27(35)22-8-4-6-10-24(22)31-28(32)36-16-25(33)30-23-9-5-3-7-21(23)26(34)29-19-12-13-19/h3-11,14-15,19H,12-13,16H2,1-2H3,(H,29,34)(H,30,33). The Bertz CT molecular complexity index is 1540. The minimum Gasteiger partial charge on any atom is -0.349 e. The largest absolute Gasteiger partial charge is 0.349 e. The van der Waals surface area contributed by atoms with Crippen molar-refractivity contribution in [1.82, 2.24) is 14.9 Å². The van der Waals surface area contributed by atoms with Crippen molar-refractivity contribution in [2.24, 2.45) is 0 Å². The van der Waals surface area contributed by atoms with Crippen LogP contribution in [0.25, 0.3) is 16.6 Å². The van der Waals surface area contributed by atoms with Crippen LogP contribution < -0.4 is 16.2 Å². The summed E-state index contributed by atoms with van der Waals surface area (Å²) in [6, 6.07) is 20.2. The lowest BCUT2D eigenvalue weighted by atomic mass is 10.1. The molecule has 0 atom stereocenters. The van der Waals surface area contributed by atoms with E-state index in [1.807, 2.05) is 44.2 Å². The topological polar surface area (TPSA) is 93.1 Å². The molecule has 182 valence electrons. The maximum Gasteiger partial charge on any atom is 0.266 e. The molecule has 1 heterocycles. The van der Waals surface area contributed by atoms with Gasteiger partial charge >= 0.3 is 0 Å². The number of anilines is 1. The molecule has 1 aliphatic rings. The number of aryl methyl sites for hydroxylation is 2. The number of rotatable bonds is 7. The predicted molar refractivity (Wildman–Crippen MR) is 143 cm³/mol. The summed E-state index contributed by atoms with van der Waals surface area (Å²) in [6.07, 6.45) is 1.97. The number of thioether (sulfide) groups is 1. The molecule has 0 bridgehead atoms. The van der Waals surface area contributed by atoms with E-state index in [-0.39, 0.29) is 29.2 Å². The summed E-state index contributed by atoms with van der Waals surface area (Å²) in [5.74, 6) is -0.463. The molecule has 0 aliphatic heterocycles. The van der Waals surface area contributed by atoms with E-state index in [9.17, 15) is 14.4 Å². The Morgan fingerprint density at radius 3 is 2.53 bits per heavy atom. The van der Waals surface area contributed by atoms with Crippen LogP contribution in [0.4, 0.5) is 5.69 Å². The summed E-state index contributed by atoms with van der Waals surface area (Å²) < 4.78 is 1.56. The molecule has 5 rings (SSSR count). The minimum atomic E-state index is -0.291. The number of amides is 2. The molecule has 0 saturated heterocycles. The second kappa shape index (κ2) is 9.99. The second-order valence-electron chi connectivity index (χ2n) is 8.95. The van der Waals surface area contributed by atoms with E-state index < -0.39 is 0 Å². The van der Waals surface area contributed by atoms with Crippen molar-refractivity contribution in [3.05, 3.63) is 93.8 Å². The summed E-state index contributed by atoms with van der Waals surface area (Å²) in [6.45, 7) is 4.01. The highest BCUT2D eigenvalue weighted by atomic mass is 32.2. The van der Waals surface area contributed by atoms with E-state index in [0.29, 0.717) is 33.0 Å². The SMILES string of the molecule is Cc1ccc(-n2c(SCC(=O)Nc3ccccc3C(=O)NC3CC3)nc3ccccc3c2=O)cc1C. The van der Waals surface area contributed by atoms with Crippen molar-refractivity contribution in [2.75, 3.05) is 11.1 Å². The van der Waals surface area contributed by atoms with Gasteiger partial charge in [0, 0.05) is 6.04 Å². The molecule has 36 heavy (non-hydrogen) atoms. The van der Waals surface area contributed by atoms with Gasteiger partial charge in [0.25, 0.3) is 11.5 Å². The Hall–Kier alpha value is -3.91. The normalized spacial score (nSPS) is 12.9. The Morgan fingerprint density at radius 2 is 1.75 bits per heavy atom.